The van der Waals surface area contributed by atoms with E-state index in [4.69, 9.17) is 17.0 Å². The molecule has 8 heteroatoms. The van der Waals surface area contributed by atoms with E-state index in [0.29, 0.717) is 29.7 Å². The number of benzene rings is 1. The molecule has 0 radical (unpaired) electrons. The van der Waals surface area contributed by atoms with Crippen molar-refractivity contribution in [1.82, 2.24) is 20.1 Å². The van der Waals surface area contributed by atoms with Crippen LogP contribution in [0.5, 0.6) is 5.75 Å². The Morgan fingerprint density at radius 1 is 1.29 bits per heavy atom. The van der Waals surface area contributed by atoms with Crippen molar-refractivity contribution in [1.29, 1.82) is 0 Å². The first kappa shape index (κ1) is 20.3. The zero-order chi connectivity index (χ0) is 20.1. The summed E-state index contributed by atoms with van der Waals surface area (Å²) >= 11 is 6.87. The molecule has 3 rings (SSSR count). The molecule has 3 aromatic rings. The van der Waals surface area contributed by atoms with Gasteiger partial charge in [-0.3, -0.25) is 14.5 Å². The average Bonchev–Trinajstić information content (AvgIpc) is 3.34. The lowest BCUT2D eigenvalue weighted by Gasteiger charge is -2.15. The fourth-order valence-electron chi connectivity index (χ4n) is 2.80. The van der Waals surface area contributed by atoms with Crippen LogP contribution in [0.4, 0.5) is 0 Å². The van der Waals surface area contributed by atoms with Crippen molar-refractivity contribution in [3.63, 3.8) is 0 Å². The number of rotatable bonds is 8. The van der Waals surface area contributed by atoms with E-state index < -0.39 is 6.04 Å². The van der Waals surface area contributed by atoms with Crippen LogP contribution in [0, 0.1) is 4.77 Å². The van der Waals surface area contributed by atoms with E-state index in [1.807, 2.05) is 36.6 Å². The molecule has 0 saturated carbocycles. The molecule has 0 aliphatic heterocycles. The van der Waals surface area contributed by atoms with E-state index in [9.17, 15) is 4.79 Å². The third kappa shape index (κ3) is 4.69. The molecule has 2 aromatic heterocycles. The van der Waals surface area contributed by atoms with E-state index in [1.165, 1.54) is 5.56 Å². The van der Waals surface area contributed by atoms with Crippen LogP contribution in [-0.4, -0.2) is 33.8 Å². The molecule has 0 aliphatic rings. The highest BCUT2D eigenvalue weighted by atomic mass is 32.1. The number of carbonyl (C=O) groups is 1. The minimum Gasteiger partial charge on any atom is -0.492 e. The van der Waals surface area contributed by atoms with Crippen LogP contribution < -0.4 is 10.1 Å². The molecule has 1 amide bonds. The number of aromatic nitrogens is 3. The third-order valence-electron chi connectivity index (χ3n) is 4.43. The van der Waals surface area contributed by atoms with Gasteiger partial charge in [-0.2, -0.15) is 5.10 Å². The van der Waals surface area contributed by atoms with Crippen LogP contribution in [0.2, 0.25) is 0 Å². The number of nitrogens with zero attached hydrogens (tertiary/aromatic N) is 2. The Bertz CT molecular complexity index is 959. The summed E-state index contributed by atoms with van der Waals surface area (Å²) in [5.41, 5.74) is 1.27. The maximum Gasteiger partial charge on any atom is 0.243 e. The first-order chi connectivity index (χ1) is 13.5. The molecule has 0 aliphatic carbocycles. The van der Waals surface area contributed by atoms with Gasteiger partial charge in [0, 0.05) is 0 Å². The molecule has 0 fully saturated rings. The van der Waals surface area contributed by atoms with Crippen LogP contribution in [0.3, 0.4) is 0 Å². The van der Waals surface area contributed by atoms with Crippen molar-refractivity contribution < 1.29 is 9.53 Å². The predicted molar refractivity (Wildman–Crippen MR) is 114 cm³/mol. The van der Waals surface area contributed by atoms with E-state index in [0.717, 1.165) is 10.6 Å². The van der Waals surface area contributed by atoms with Crippen molar-refractivity contribution in [2.75, 3.05) is 13.2 Å². The lowest BCUT2D eigenvalue weighted by atomic mass is 10.0. The molecule has 2 heterocycles. The third-order valence-corrected chi connectivity index (χ3v) is 5.58. The Hall–Kier alpha value is -2.45. The zero-order valence-electron chi connectivity index (χ0n) is 16.1. The van der Waals surface area contributed by atoms with Gasteiger partial charge in [0.25, 0.3) is 0 Å². The number of hydrogen-bond acceptors (Lipinski definition) is 5. The van der Waals surface area contributed by atoms with Gasteiger partial charge in [-0.25, -0.2) is 0 Å². The highest BCUT2D eigenvalue weighted by Crippen LogP contribution is 2.25. The smallest absolute Gasteiger partial charge is 0.243 e. The number of aromatic amines is 1. The normalized spacial score (nSPS) is 12.1. The Kier molecular flexibility index (Phi) is 6.64. The molecular weight excluding hydrogens is 392 g/mol. The molecule has 148 valence electrons. The Morgan fingerprint density at radius 3 is 2.68 bits per heavy atom. The van der Waals surface area contributed by atoms with Gasteiger partial charge in [-0.1, -0.05) is 32.0 Å². The highest BCUT2D eigenvalue weighted by Gasteiger charge is 2.21. The fraction of sp³-hybridized carbons (Fsp3) is 0.350. The predicted octanol–water partition coefficient (Wildman–Crippen LogP) is 4.55. The second-order valence-corrected chi connectivity index (χ2v) is 8.07. The van der Waals surface area contributed by atoms with Crippen molar-refractivity contribution in [3.05, 3.63) is 52.1 Å². The lowest BCUT2D eigenvalue weighted by Crippen LogP contribution is -2.34. The number of thiophene rings is 1. The van der Waals surface area contributed by atoms with Crippen molar-refractivity contribution in [3.8, 4) is 16.5 Å². The van der Waals surface area contributed by atoms with Gasteiger partial charge in [0.15, 0.2) is 10.6 Å². The van der Waals surface area contributed by atoms with Gasteiger partial charge in [0.05, 0.1) is 11.4 Å². The maximum atomic E-state index is 12.6. The van der Waals surface area contributed by atoms with Gasteiger partial charge in [-0.05, 0) is 54.2 Å². The monoisotopic (exact) mass is 416 g/mol. The first-order valence-electron chi connectivity index (χ1n) is 9.18. The summed E-state index contributed by atoms with van der Waals surface area (Å²) in [7, 11) is 0. The Labute approximate surface area is 173 Å². The molecule has 0 spiro atoms. The molecule has 0 bridgehead atoms. The largest absolute Gasteiger partial charge is 0.492 e. The number of H-pyrrole nitrogens is 1. The summed E-state index contributed by atoms with van der Waals surface area (Å²) in [6.07, 6.45) is 0. The number of hydrogen-bond donors (Lipinski definition) is 2. The number of ether oxygens (including phenoxy) is 1. The van der Waals surface area contributed by atoms with Crippen LogP contribution >= 0.6 is 23.6 Å². The summed E-state index contributed by atoms with van der Waals surface area (Å²) in [5.74, 6) is 1.82. The zero-order valence-corrected chi connectivity index (χ0v) is 17.8. The first-order valence-corrected chi connectivity index (χ1v) is 10.5. The van der Waals surface area contributed by atoms with Crippen LogP contribution in [0.1, 0.15) is 38.3 Å². The van der Waals surface area contributed by atoms with Crippen LogP contribution in [0.25, 0.3) is 10.7 Å². The minimum atomic E-state index is -0.478. The molecule has 0 saturated heterocycles. The van der Waals surface area contributed by atoms with Gasteiger partial charge in [0.1, 0.15) is 18.4 Å². The van der Waals surface area contributed by atoms with E-state index in [1.54, 1.807) is 15.9 Å². The molecular formula is C20H24N4O2S2. The van der Waals surface area contributed by atoms with E-state index in [2.05, 4.69) is 41.5 Å². The topological polar surface area (TPSA) is 71.9 Å². The summed E-state index contributed by atoms with van der Waals surface area (Å²) in [6.45, 7) is 6.93. The maximum absolute atomic E-state index is 12.6. The van der Waals surface area contributed by atoms with E-state index >= 15 is 0 Å². The van der Waals surface area contributed by atoms with Gasteiger partial charge in [-0.15, -0.1) is 11.3 Å². The lowest BCUT2D eigenvalue weighted by molar-refractivity contribution is -0.123. The molecule has 2 N–H and O–H groups in total. The summed E-state index contributed by atoms with van der Waals surface area (Å²) in [4.78, 5) is 13.5. The Balaban J connectivity index is 1.54. The summed E-state index contributed by atoms with van der Waals surface area (Å²) < 4.78 is 7.87. The highest BCUT2D eigenvalue weighted by molar-refractivity contribution is 7.71. The van der Waals surface area contributed by atoms with Crippen molar-refractivity contribution in [2.45, 2.75) is 32.7 Å². The summed E-state index contributed by atoms with van der Waals surface area (Å²) in [5, 5.41) is 11.9. The van der Waals surface area contributed by atoms with Crippen molar-refractivity contribution in [2.24, 2.45) is 0 Å². The average molecular weight is 417 g/mol. The molecule has 6 nitrogen and oxygen atoms in total. The van der Waals surface area contributed by atoms with Crippen LogP contribution in [0.15, 0.2) is 41.8 Å². The molecule has 1 atom stereocenters. The summed E-state index contributed by atoms with van der Waals surface area (Å²) in [6, 6.07) is 11.5. The number of amides is 1. The Morgan fingerprint density at radius 2 is 2.04 bits per heavy atom. The number of carbonyl (C=O) groups excluding carboxylic acids is 1. The SMILES string of the molecule is CC(C)c1ccc(OCCNC(=O)C(C)n2c(-c3cccs3)n[nH]c2=S)cc1. The molecule has 1 aromatic carbocycles. The van der Waals surface area contributed by atoms with Gasteiger partial charge in [0.2, 0.25) is 5.91 Å². The molecule has 28 heavy (non-hydrogen) atoms. The fourth-order valence-corrected chi connectivity index (χ4v) is 3.80. The minimum absolute atomic E-state index is 0.130. The molecule has 1 unspecified atom stereocenters. The second kappa shape index (κ2) is 9.16. The second-order valence-electron chi connectivity index (χ2n) is 6.74. The van der Waals surface area contributed by atoms with Gasteiger partial charge < -0.3 is 10.1 Å². The number of nitrogens with one attached hydrogen (secondary N) is 2. The van der Waals surface area contributed by atoms with E-state index in [-0.39, 0.29) is 5.91 Å². The standard InChI is InChI=1S/C20H24N4O2S2/c1-13(2)15-6-8-16(9-7-15)26-11-10-21-19(25)14(3)24-18(22-23-20(24)27)17-5-4-12-28-17/h4-9,12-14H,10-11H2,1-3H3,(H,21,25)(H,23,27). The van der Waals surface area contributed by atoms with Crippen molar-refractivity contribution >= 4 is 29.5 Å². The van der Waals surface area contributed by atoms with Gasteiger partial charge >= 0.3 is 0 Å². The quantitative estimate of drug-likeness (QED) is 0.417. The van der Waals surface area contributed by atoms with Crippen LogP contribution in [-0.2, 0) is 4.79 Å².